The second-order valence-corrected chi connectivity index (χ2v) is 7.32. The van der Waals surface area contributed by atoms with Gasteiger partial charge in [0.1, 0.15) is 5.75 Å². The van der Waals surface area contributed by atoms with Crippen molar-refractivity contribution in [1.82, 2.24) is 16.2 Å². The molecular weight excluding hydrogens is 477 g/mol. The third kappa shape index (κ3) is 6.35. The van der Waals surface area contributed by atoms with Crippen molar-refractivity contribution < 1.29 is 14.3 Å². The SMILES string of the molecule is CC(Oc1ccc(Cl)cc1Cl)C(=O)NNC(=S)NC(=O)c1ccccc1Br. The van der Waals surface area contributed by atoms with Crippen LogP contribution in [0.25, 0.3) is 0 Å². The van der Waals surface area contributed by atoms with E-state index in [0.29, 0.717) is 20.8 Å². The summed E-state index contributed by atoms with van der Waals surface area (Å²) in [5, 5.41) is 3.13. The van der Waals surface area contributed by atoms with Gasteiger partial charge in [-0.15, -0.1) is 0 Å². The first kappa shape index (κ1) is 21.4. The molecule has 2 aromatic rings. The fourth-order valence-corrected chi connectivity index (χ4v) is 2.94. The zero-order chi connectivity index (χ0) is 20.0. The summed E-state index contributed by atoms with van der Waals surface area (Å²) < 4.78 is 6.10. The van der Waals surface area contributed by atoms with E-state index in [2.05, 4.69) is 32.1 Å². The summed E-state index contributed by atoms with van der Waals surface area (Å²) in [6.07, 6.45) is -0.877. The summed E-state index contributed by atoms with van der Waals surface area (Å²) in [5.41, 5.74) is 5.20. The van der Waals surface area contributed by atoms with Gasteiger partial charge in [0.2, 0.25) is 0 Å². The minimum atomic E-state index is -0.877. The summed E-state index contributed by atoms with van der Waals surface area (Å²) in [6.45, 7) is 1.53. The Hall–Kier alpha value is -1.87. The molecule has 10 heteroatoms. The summed E-state index contributed by atoms with van der Waals surface area (Å²) in [5.74, 6) is -0.626. The molecule has 1 atom stereocenters. The van der Waals surface area contributed by atoms with Crippen LogP contribution in [0.4, 0.5) is 0 Å². The highest BCUT2D eigenvalue weighted by Gasteiger charge is 2.17. The number of hydrazine groups is 1. The van der Waals surface area contributed by atoms with Crippen molar-refractivity contribution in [2.75, 3.05) is 0 Å². The Morgan fingerprint density at radius 1 is 1.15 bits per heavy atom. The lowest BCUT2D eigenvalue weighted by Crippen LogP contribution is -2.51. The first-order valence-corrected chi connectivity index (χ1v) is 9.51. The Bertz CT molecular complexity index is 882. The number of amides is 2. The molecule has 6 nitrogen and oxygen atoms in total. The van der Waals surface area contributed by atoms with Crippen LogP contribution in [-0.2, 0) is 4.79 Å². The standard InChI is InChI=1S/C17H14BrCl2N3O3S/c1-9(26-14-7-6-10(19)8-13(14)20)15(24)22-23-17(27)21-16(25)11-4-2-3-5-12(11)18/h2-9H,1H3,(H,22,24)(H2,21,23,25,27). The highest BCUT2D eigenvalue weighted by molar-refractivity contribution is 9.10. The van der Waals surface area contributed by atoms with Gasteiger partial charge in [-0.3, -0.25) is 25.8 Å². The molecule has 2 amide bonds. The first-order chi connectivity index (χ1) is 12.8. The largest absolute Gasteiger partial charge is 0.479 e. The molecule has 0 radical (unpaired) electrons. The van der Waals surface area contributed by atoms with E-state index >= 15 is 0 Å². The van der Waals surface area contributed by atoms with Crippen LogP contribution >= 0.6 is 51.3 Å². The van der Waals surface area contributed by atoms with Gasteiger partial charge in [0.25, 0.3) is 11.8 Å². The minimum Gasteiger partial charge on any atom is -0.479 e. The monoisotopic (exact) mass is 489 g/mol. The van der Waals surface area contributed by atoms with E-state index in [4.69, 9.17) is 40.2 Å². The van der Waals surface area contributed by atoms with Crippen LogP contribution in [0, 0.1) is 0 Å². The highest BCUT2D eigenvalue weighted by Crippen LogP contribution is 2.28. The summed E-state index contributed by atoms with van der Waals surface area (Å²) in [4.78, 5) is 24.2. The predicted molar refractivity (Wildman–Crippen MR) is 112 cm³/mol. The molecule has 27 heavy (non-hydrogen) atoms. The fraction of sp³-hybridized carbons (Fsp3) is 0.118. The average molecular weight is 491 g/mol. The van der Waals surface area contributed by atoms with Gasteiger partial charge < -0.3 is 4.74 Å². The van der Waals surface area contributed by atoms with Gasteiger partial charge in [-0.1, -0.05) is 35.3 Å². The van der Waals surface area contributed by atoms with Gasteiger partial charge in [0.05, 0.1) is 10.6 Å². The second-order valence-electron chi connectivity index (χ2n) is 5.21. The van der Waals surface area contributed by atoms with Gasteiger partial charge in [-0.2, -0.15) is 0 Å². The van der Waals surface area contributed by atoms with Crippen molar-refractivity contribution in [1.29, 1.82) is 0 Å². The molecule has 0 heterocycles. The first-order valence-electron chi connectivity index (χ1n) is 7.55. The van der Waals surface area contributed by atoms with Crippen LogP contribution < -0.4 is 20.9 Å². The quantitative estimate of drug-likeness (QED) is 0.448. The predicted octanol–water partition coefficient (Wildman–Crippen LogP) is 3.86. The van der Waals surface area contributed by atoms with Crippen LogP contribution in [0.3, 0.4) is 0 Å². The molecule has 0 spiro atoms. The molecule has 0 saturated heterocycles. The van der Waals surface area contributed by atoms with Crippen molar-refractivity contribution >= 4 is 68.3 Å². The molecule has 0 fully saturated rings. The summed E-state index contributed by atoms with van der Waals surface area (Å²) >= 11 is 20.1. The normalized spacial score (nSPS) is 11.3. The molecule has 0 aliphatic heterocycles. The molecule has 2 rings (SSSR count). The number of hydrogen-bond acceptors (Lipinski definition) is 4. The van der Waals surface area contributed by atoms with Crippen molar-refractivity contribution in [3.63, 3.8) is 0 Å². The van der Waals surface area contributed by atoms with Crippen molar-refractivity contribution in [3.05, 3.63) is 62.5 Å². The van der Waals surface area contributed by atoms with Crippen LogP contribution in [-0.4, -0.2) is 23.0 Å². The number of rotatable bonds is 4. The molecule has 142 valence electrons. The topological polar surface area (TPSA) is 79.5 Å². The maximum Gasteiger partial charge on any atom is 0.279 e. The molecule has 0 aliphatic rings. The van der Waals surface area contributed by atoms with E-state index in [1.54, 1.807) is 36.4 Å². The maximum atomic E-state index is 12.1. The van der Waals surface area contributed by atoms with Crippen LogP contribution in [0.15, 0.2) is 46.9 Å². The lowest BCUT2D eigenvalue weighted by atomic mass is 10.2. The molecule has 0 saturated carbocycles. The van der Waals surface area contributed by atoms with Crippen molar-refractivity contribution in [2.45, 2.75) is 13.0 Å². The van der Waals surface area contributed by atoms with Gasteiger partial charge in [-0.25, -0.2) is 0 Å². The second kappa shape index (κ2) is 9.89. The number of carbonyl (C=O) groups is 2. The Morgan fingerprint density at radius 2 is 1.85 bits per heavy atom. The molecule has 2 aromatic carbocycles. The lowest BCUT2D eigenvalue weighted by molar-refractivity contribution is -0.127. The zero-order valence-electron chi connectivity index (χ0n) is 13.9. The van der Waals surface area contributed by atoms with E-state index in [-0.39, 0.29) is 10.1 Å². The van der Waals surface area contributed by atoms with Crippen LogP contribution in [0.2, 0.25) is 10.0 Å². The van der Waals surface area contributed by atoms with Crippen molar-refractivity contribution in [3.8, 4) is 5.75 Å². The Morgan fingerprint density at radius 3 is 2.52 bits per heavy atom. The number of thiocarbonyl (C=S) groups is 1. The zero-order valence-corrected chi connectivity index (χ0v) is 17.8. The Balaban J connectivity index is 1.84. The highest BCUT2D eigenvalue weighted by atomic mass is 79.9. The van der Waals surface area contributed by atoms with Crippen LogP contribution in [0.1, 0.15) is 17.3 Å². The van der Waals surface area contributed by atoms with Gasteiger partial charge in [-0.05, 0) is 65.4 Å². The number of nitrogens with one attached hydrogen (secondary N) is 3. The number of carbonyl (C=O) groups excluding carboxylic acids is 2. The molecule has 0 aromatic heterocycles. The van der Waals surface area contributed by atoms with Crippen molar-refractivity contribution in [2.24, 2.45) is 0 Å². The molecule has 3 N–H and O–H groups in total. The Labute approximate surface area is 179 Å². The molecule has 0 aliphatic carbocycles. The number of benzene rings is 2. The molecular formula is C17H14BrCl2N3O3S. The average Bonchev–Trinajstić information content (AvgIpc) is 2.62. The van der Waals surface area contributed by atoms with E-state index in [1.807, 2.05) is 0 Å². The van der Waals surface area contributed by atoms with Crippen LogP contribution in [0.5, 0.6) is 5.75 Å². The van der Waals surface area contributed by atoms with Gasteiger partial charge in [0, 0.05) is 9.50 Å². The smallest absolute Gasteiger partial charge is 0.279 e. The van der Waals surface area contributed by atoms with E-state index in [0.717, 1.165) is 0 Å². The lowest BCUT2D eigenvalue weighted by Gasteiger charge is -2.17. The van der Waals surface area contributed by atoms with Gasteiger partial charge in [0.15, 0.2) is 11.2 Å². The molecule has 1 unspecified atom stereocenters. The van der Waals surface area contributed by atoms with E-state index in [9.17, 15) is 9.59 Å². The third-order valence-electron chi connectivity index (χ3n) is 3.21. The maximum absolute atomic E-state index is 12.1. The number of halogens is 3. The minimum absolute atomic E-state index is 0.0687. The van der Waals surface area contributed by atoms with E-state index in [1.165, 1.54) is 13.0 Å². The summed E-state index contributed by atoms with van der Waals surface area (Å²) in [6, 6.07) is 11.5. The van der Waals surface area contributed by atoms with Gasteiger partial charge >= 0.3 is 0 Å². The number of ether oxygens (including phenoxy) is 1. The summed E-state index contributed by atoms with van der Waals surface area (Å²) in [7, 11) is 0. The van der Waals surface area contributed by atoms with E-state index < -0.39 is 17.9 Å². The Kier molecular flexibility index (Phi) is 7.85. The number of hydrogen-bond donors (Lipinski definition) is 3. The molecule has 0 bridgehead atoms. The fourth-order valence-electron chi connectivity index (χ4n) is 1.88. The third-order valence-corrected chi connectivity index (χ3v) is 4.64.